The number of nitrogens with zero attached hydrogens (tertiary/aromatic N) is 3. The van der Waals surface area contributed by atoms with E-state index >= 15 is 0 Å². The van der Waals surface area contributed by atoms with E-state index in [0.717, 1.165) is 66.5 Å². The van der Waals surface area contributed by atoms with Gasteiger partial charge in [0.1, 0.15) is 17.4 Å². The number of fused-ring (bicyclic) bond motifs is 1. The summed E-state index contributed by atoms with van der Waals surface area (Å²) in [6.07, 6.45) is 8.31. The van der Waals surface area contributed by atoms with Crippen LogP contribution >= 0.6 is 11.5 Å². The van der Waals surface area contributed by atoms with Gasteiger partial charge in [-0.2, -0.15) is 4.37 Å². The van der Waals surface area contributed by atoms with Gasteiger partial charge in [0.2, 0.25) is 5.91 Å². The first-order valence-corrected chi connectivity index (χ1v) is 14.0. The number of anilines is 1. The van der Waals surface area contributed by atoms with Gasteiger partial charge in [-0.05, 0) is 66.6 Å². The third-order valence-electron chi connectivity index (χ3n) is 7.74. The van der Waals surface area contributed by atoms with Crippen LogP contribution < -0.4 is 15.0 Å². The van der Waals surface area contributed by atoms with Crippen molar-refractivity contribution >= 4 is 39.4 Å². The number of benzene rings is 2. The summed E-state index contributed by atoms with van der Waals surface area (Å²) in [6, 6.07) is 12.6. The van der Waals surface area contributed by atoms with E-state index in [-0.39, 0.29) is 11.7 Å². The zero-order valence-corrected chi connectivity index (χ0v) is 22.2. The van der Waals surface area contributed by atoms with E-state index in [0.29, 0.717) is 11.8 Å². The molecule has 1 saturated carbocycles. The summed E-state index contributed by atoms with van der Waals surface area (Å²) in [7, 11) is 1.64. The third-order valence-corrected chi connectivity index (χ3v) is 8.54. The molecule has 1 aromatic heterocycles. The molecule has 1 saturated heterocycles. The number of methoxy groups -OCH3 is 1. The maximum atomic E-state index is 13.6. The molecule has 6 nitrogen and oxygen atoms in total. The van der Waals surface area contributed by atoms with Gasteiger partial charge in [-0.1, -0.05) is 31.0 Å². The number of hydrogen-bond acceptors (Lipinski definition) is 6. The molecule has 3 aromatic rings. The minimum Gasteiger partial charge on any atom is -0.496 e. The summed E-state index contributed by atoms with van der Waals surface area (Å²) in [4.78, 5) is 17.4. The summed E-state index contributed by atoms with van der Waals surface area (Å²) >= 11 is 1.37. The van der Waals surface area contributed by atoms with Gasteiger partial charge in [-0.25, -0.2) is 4.39 Å². The minimum absolute atomic E-state index is 0.0563. The Morgan fingerprint density at radius 1 is 1.14 bits per heavy atom. The van der Waals surface area contributed by atoms with Crippen LogP contribution in [0.5, 0.6) is 5.75 Å². The Hall–Kier alpha value is -2.97. The van der Waals surface area contributed by atoms with Crippen molar-refractivity contribution in [2.75, 3.05) is 51.3 Å². The summed E-state index contributed by atoms with van der Waals surface area (Å²) in [5.74, 6) is 2.59. The van der Waals surface area contributed by atoms with Crippen molar-refractivity contribution in [3.8, 4) is 5.75 Å². The first-order valence-electron chi connectivity index (χ1n) is 13.2. The maximum absolute atomic E-state index is 13.6. The lowest BCUT2D eigenvalue weighted by atomic mass is 9.78. The Morgan fingerprint density at radius 3 is 2.73 bits per heavy atom. The average molecular weight is 523 g/mol. The maximum Gasteiger partial charge on any atom is 0.244 e. The lowest BCUT2D eigenvalue weighted by Gasteiger charge is -2.40. The van der Waals surface area contributed by atoms with Crippen molar-refractivity contribution in [3.63, 3.8) is 0 Å². The summed E-state index contributed by atoms with van der Waals surface area (Å²) < 4.78 is 24.5. The topological polar surface area (TPSA) is 57.7 Å². The molecule has 2 aromatic carbocycles. The first kappa shape index (κ1) is 25.7. The van der Waals surface area contributed by atoms with Crippen LogP contribution in [0.1, 0.15) is 31.2 Å². The molecule has 196 valence electrons. The molecule has 2 aliphatic rings. The molecule has 2 atom stereocenters. The number of para-hydroxylation sites is 1. The predicted molar refractivity (Wildman–Crippen MR) is 149 cm³/mol. The molecular formula is C29H35FN4O2S. The third kappa shape index (κ3) is 6.30. The normalized spacial score (nSPS) is 21.0. The fraction of sp³-hybridized carbons (Fsp3) is 0.448. The Morgan fingerprint density at radius 2 is 1.92 bits per heavy atom. The Labute approximate surface area is 222 Å². The van der Waals surface area contributed by atoms with E-state index in [2.05, 4.69) is 19.5 Å². The fourth-order valence-electron chi connectivity index (χ4n) is 5.65. The number of halogens is 1. The molecule has 2 heterocycles. The number of nitrogens with one attached hydrogen (secondary N) is 1. The van der Waals surface area contributed by atoms with Crippen molar-refractivity contribution in [3.05, 3.63) is 59.9 Å². The van der Waals surface area contributed by atoms with Crippen LogP contribution in [0.2, 0.25) is 0 Å². The van der Waals surface area contributed by atoms with Gasteiger partial charge in [0, 0.05) is 56.3 Å². The number of carbonyl (C=O) groups is 1. The van der Waals surface area contributed by atoms with Crippen molar-refractivity contribution in [2.45, 2.75) is 25.7 Å². The number of carbonyl (C=O) groups excluding carboxylic acids is 1. The Kier molecular flexibility index (Phi) is 8.36. The molecule has 37 heavy (non-hydrogen) atoms. The molecule has 8 heteroatoms. The quantitative estimate of drug-likeness (QED) is 0.412. The second kappa shape index (κ2) is 12.0. The monoisotopic (exact) mass is 522 g/mol. The Bertz CT molecular complexity index is 1240. The van der Waals surface area contributed by atoms with E-state index in [1.165, 1.54) is 43.3 Å². The minimum atomic E-state index is -0.210. The van der Waals surface area contributed by atoms with Gasteiger partial charge in [0.15, 0.2) is 0 Å². The van der Waals surface area contributed by atoms with Crippen molar-refractivity contribution in [1.29, 1.82) is 0 Å². The van der Waals surface area contributed by atoms with E-state index in [1.54, 1.807) is 19.3 Å². The van der Waals surface area contributed by atoms with Crippen molar-refractivity contribution < 1.29 is 13.9 Å². The van der Waals surface area contributed by atoms with Gasteiger partial charge in [0.05, 0.1) is 11.8 Å². The zero-order valence-electron chi connectivity index (χ0n) is 21.4. The highest BCUT2D eigenvalue weighted by Gasteiger charge is 2.29. The van der Waals surface area contributed by atoms with Gasteiger partial charge in [0.25, 0.3) is 0 Å². The number of amides is 1. The lowest BCUT2D eigenvalue weighted by molar-refractivity contribution is -0.116. The van der Waals surface area contributed by atoms with Crippen LogP contribution in [0.25, 0.3) is 16.2 Å². The molecule has 1 amide bonds. The van der Waals surface area contributed by atoms with Crippen molar-refractivity contribution in [1.82, 2.24) is 14.6 Å². The predicted octanol–water partition coefficient (Wildman–Crippen LogP) is 5.20. The SMILES string of the molecule is COc1ccccc1C=CC(=O)NC[C@@H]1CCCC[C@H]1CN1CCN(c2nsc3cc(F)ccc23)CC1. The lowest BCUT2D eigenvalue weighted by Crippen LogP contribution is -2.49. The van der Waals surface area contributed by atoms with E-state index in [4.69, 9.17) is 4.74 Å². The van der Waals surface area contributed by atoms with E-state index in [1.807, 2.05) is 36.4 Å². The summed E-state index contributed by atoms with van der Waals surface area (Å²) in [5, 5.41) is 4.19. The molecule has 0 unspecified atom stereocenters. The smallest absolute Gasteiger partial charge is 0.244 e. The van der Waals surface area contributed by atoms with E-state index < -0.39 is 0 Å². The number of piperazine rings is 1. The zero-order chi connectivity index (χ0) is 25.6. The number of ether oxygens (including phenoxy) is 1. The Balaban J connectivity index is 1.12. The number of aromatic nitrogens is 1. The van der Waals surface area contributed by atoms with E-state index in [9.17, 15) is 9.18 Å². The molecule has 0 radical (unpaired) electrons. The van der Waals surface area contributed by atoms with Crippen molar-refractivity contribution in [2.24, 2.45) is 11.8 Å². The number of hydrogen-bond donors (Lipinski definition) is 1. The van der Waals surface area contributed by atoms with Gasteiger partial charge in [-0.15, -0.1) is 0 Å². The molecule has 1 aliphatic carbocycles. The van der Waals surface area contributed by atoms with Crippen LogP contribution in [0.3, 0.4) is 0 Å². The molecule has 0 spiro atoms. The summed E-state index contributed by atoms with van der Waals surface area (Å²) in [6.45, 7) is 5.65. The first-order chi connectivity index (χ1) is 18.1. The van der Waals surface area contributed by atoms with Crippen LogP contribution in [-0.4, -0.2) is 61.6 Å². The fourth-order valence-corrected chi connectivity index (χ4v) is 6.48. The van der Waals surface area contributed by atoms with Gasteiger partial charge < -0.3 is 15.0 Å². The molecule has 1 N–H and O–H groups in total. The van der Waals surface area contributed by atoms with Crippen LogP contribution in [0, 0.1) is 17.7 Å². The van der Waals surface area contributed by atoms with Gasteiger partial charge in [-0.3, -0.25) is 9.69 Å². The summed E-state index contributed by atoms with van der Waals surface area (Å²) in [5.41, 5.74) is 0.896. The largest absolute Gasteiger partial charge is 0.496 e. The molecular weight excluding hydrogens is 487 g/mol. The standard InChI is InChI=1S/C29H35FN4O2S/c1-36-26-9-5-4-6-21(26)10-13-28(35)31-19-22-7-2-3-8-23(22)20-33-14-16-34(17-15-33)29-25-12-11-24(30)18-27(25)37-32-29/h4-6,9-13,18,22-23H,2-3,7-8,14-17,19-20H2,1H3,(H,31,35)/t22-,23-/m0/s1. The second-order valence-corrected chi connectivity index (χ2v) is 10.9. The molecule has 5 rings (SSSR count). The average Bonchev–Trinajstić information content (AvgIpc) is 3.35. The molecule has 2 fully saturated rings. The molecule has 1 aliphatic heterocycles. The second-order valence-electron chi connectivity index (χ2n) is 10.1. The highest BCUT2D eigenvalue weighted by molar-refractivity contribution is 7.13. The molecule has 0 bridgehead atoms. The van der Waals surface area contributed by atoms with Crippen LogP contribution in [-0.2, 0) is 4.79 Å². The highest BCUT2D eigenvalue weighted by atomic mass is 32.1. The number of rotatable bonds is 8. The highest BCUT2D eigenvalue weighted by Crippen LogP contribution is 2.33. The van der Waals surface area contributed by atoms with Crippen LogP contribution in [0.15, 0.2) is 48.5 Å². The van der Waals surface area contributed by atoms with Gasteiger partial charge >= 0.3 is 0 Å². The van der Waals surface area contributed by atoms with Crippen LogP contribution in [0.4, 0.5) is 10.2 Å².